The van der Waals surface area contributed by atoms with E-state index < -0.39 is 96.8 Å². The van der Waals surface area contributed by atoms with Crippen LogP contribution < -0.4 is 32.7 Å². The molecule has 0 unspecified atom stereocenters. The molecule has 0 heterocycles. The van der Waals surface area contributed by atoms with Gasteiger partial charge in [-0.25, -0.2) is 4.79 Å². The number of carbonyl (C=O) groups excluding carboxylic acids is 5. The van der Waals surface area contributed by atoms with Crippen molar-refractivity contribution in [2.45, 2.75) is 122 Å². The average Bonchev–Trinajstić information content (AvgIpc) is 3.06. The smallest absolute Gasteiger partial charge is 0.326 e. The zero-order valence-corrected chi connectivity index (χ0v) is 30.7. The Kier molecular flexibility index (Phi) is 20.1. The van der Waals surface area contributed by atoms with Gasteiger partial charge in [0.15, 0.2) is 0 Å². The first-order valence-corrected chi connectivity index (χ1v) is 17.5. The zero-order chi connectivity index (χ0) is 39.5. The van der Waals surface area contributed by atoms with Crippen molar-refractivity contribution < 1.29 is 48.9 Å². The van der Waals surface area contributed by atoms with Gasteiger partial charge in [-0.05, 0) is 70.9 Å². The third kappa shape index (κ3) is 15.7. The molecule has 1 aromatic carbocycles. The molecule has 0 aliphatic heterocycles. The van der Waals surface area contributed by atoms with Gasteiger partial charge in [-0.2, -0.15) is 0 Å². The monoisotopic (exact) mass is 735 g/mol. The Morgan fingerprint density at radius 2 is 1.35 bits per heavy atom. The molecule has 0 aromatic heterocycles. The van der Waals surface area contributed by atoms with Gasteiger partial charge in [-0.15, -0.1) is 0 Å². The van der Waals surface area contributed by atoms with Gasteiger partial charge in [0.05, 0.1) is 12.5 Å². The number of aliphatic carboxylic acids is 2. The Labute approximate surface area is 304 Å². The fraction of sp³-hybridized carbons (Fsp3) is 0.629. The highest BCUT2D eigenvalue weighted by Gasteiger charge is 2.37. The van der Waals surface area contributed by atoms with Crippen LogP contribution in [0.25, 0.3) is 0 Å². The van der Waals surface area contributed by atoms with Crippen LogP contribution in [0, 0.1) is 5.92 Å². The Balaban J connectivity index is 3.33. The van der Waals surface area contributed by atoms with Crippen molar-refractivity contribution >= 4 is 41.5 Å². The minimum Gasteiger partial charge on any atom is -0.481 e. The van der Waals surface area contributed by atoms with Crippen LogP contribution in [-0.2, 0) is 40.0 Å². The molecular formula is C35H57N7O10. The highest BCUT2D eigenvalue weighted by molar-refractivity contribution is 5.96. The maximum atomic E-state index is 13.9. The molecule has 1 rings (SSSR count). The number of unbranched alkanes of at least 4 members (excludes halogenated alkanes) is 1. The Bertz CT molecular complexity index is 1340. The molecule has 0 saturated heterocycles. The quantitative estimate of drug-likeness (QED) is 0.0593. The summed E-state index contributed by atoms with van der Waals surface area (Å²) in [5.74, 6) is -6.44. The summed E-state index contributed by atoms with van der Waals surface area (Å²) in [7, 11) is 0. The van der Waals surface area contributed by atoms with Crippen molar-refractivity contribution in [3.05, 3.63) is 35.9 Å². The number of hydrogen-bond donors (Lipinski definition) is 9. The summed E-state index contributed by atoms with van der Waals surface area (Å²) in [6.07, 6.45) is 0.264. The molecule has 6 atom stereocenters. The largest absolute Gasteiger partial charge is 0.481 e. The van der Waals surface area contributed by atoms with E-state index in [1.807, 2.05) is 13.8 Å². The second kappa shape index (κ2) is 23.1. The van der Waals surface area contributed by atoms with Crippen molar-refractivity contribution in [2.75, 3.05) is 13.2 Å². The minimum absolute atomic E-state index is 0.0263. The molecule has 0 bridgehead atoms. The van der Waals surface area contributed by atoms with E-state index in [1.54, 1.807) is 44.2 Å². The van der Waals surface area contributed by atoms with E-state index in [4.69, 9.17) is 16.6 Å². The molecule has 11 N–H and O–H groups in total. The maximum Gasteiger partial charge on any atom is 0.326 e. The van der Waals surface area contributed by atoms with Crippen LogP contribution in [0.5, 0.6) is 0 Å². The van der Waals surface area contributed by atoms with E-state index in [1.165, 1.54) is 11.8 Å². The zero-order valence-electron chi connectivity index (χ0n) is 30.7. The first-order chi connectivity index (χ1) is 24.4. The van der Waals surface area contributed by atoms with Gasteiger partial charge in [0, 0.05) is 19.1 Å². The first-order valence-electron chi connectivity index (χ1n) is 17.5. The maximum absolute atomic E-state index is 13.9. The van der Waals surface area contributed by atoms with Gasteiger partial charge in [-0.1, -0.05) is 44.2 Å². The topological polar surface area (TPSA) is 284 Å². The lowest BCUT2D eigenvalue weighted by molar-refractivity contribution is -0.147. The number of rotatable bonds is 24. The van der Waals surface area contributed by atoms with Crippen LogP contribution in [0.1, 0.15) is 78.7 Å². The lowest BCUT2D eigenvalue weighted by atomic mass is 10.0. The number of nitrogens with two attached hydrogens (primary N) is 2. The number of benzene rings is 1. The summed E-state index contributed by atoms with van der Waals surface area (Å²) in [6, 6.07) is 0.532. The Morgan fingerprint density at radius 1 is 0.750 bits per heavy atom. The second-order valence-corrected chi connectivity index (χ2v) is 13.4. The van der Waals surface area contributed by atoms with Gasteiger partial charge in [0.1, 0.15) is 30.2 Å². The third-order valence-corrected chi connectivity index (χ3v) is 8.13. The summed E-state index contributed by atoms with van der Waals surface area (Å²) < 4.78 is 0. The summed E-state index contributed by atoms with van der Waals surface area (Å²) in [4.78, 5) is 91.5. The molecule has 5 amide bonds. The van der Waals surface area contributed by atoms with E-state index in [-0.39, 0.29) is 31.6 Å². The lowest BCUT2D eigenvalue weighted by Gasteiger charge is -2.37. The Hall–Kier alpha value is -4.61. The second-order valence-electron chi connectivity index (χ2n) is 13.4. The van der Waals surface area contributed by atoms with Gasteiger partial charge in [0.2, 0.25) is 29.5 Å². The number of amides is 5. The van der Waals surface area contributed by atoms with E-state index in [0.29, 0.717) is 24.9 Å². The van der Waals surface area contributed by atoms with Gasteiger partial charge >= 0.3 is 11.9 Å². The normalized spacial score (nSPS) is 14.7. The first kappa shape index (κ1) is 45.4. The summed E-state index contributed by atoms with van der Waals surface area (Å²) in [5, 5.41) is 38.5. The predicted molar refractivity (Wildman–Crippen MR) is 191 cm³/mol. The van der Waals surface area contributed by atoms with Gasteiger partial charge in [-0.3, -0.25) is 28.8 Å². The molecule has 0 spiro atoms. The molecular weight excluding hydrogens is 678 g/mol. The van der Waals surface area contributed by atoms with Crippen LogP contribution >= 0.6 is 0 Å². The molecule has 0 radical (unpaired) electrons. The summed E-state index contributed by atoms with van der Waals surface area (Å²) in [5.41, 5.74) is 12.0. The number of carboxylic acids is 2. The number of aliphatic hydroxyl groups is 1. The summed E-state index contributed by atoms with van der Waals surface area (Å²) >= 11 is 0. The fourth-order valence-corrected chi connectivity index (χ4v) is 5.47. The van der Waals surface area contributed by atoms with Gasteiger partial charge in [0.25, 0.3) is 0 Å². The fourth-order valence-electron chi connectivity index (χ4n) is 5.47. The molecule has 52 heavy (non-hydrogen) atoms. The molecule has 1 aromatic rings. The van der Waals surface area contributed by atoms with E-state index in [9.17, 15) is 43.8 Å². The Morgan fingerprint density at radius 3 is 1.87 bits per heavy atom. The van der Waals surface area contributed by atoms with Crippen molar-refractivity contribution in [3.63, 3.8) is 0 Å². The van der Waals surface area contributed by atoms with E-state index in [2.05, 4.69) is 21.3 Å². The number of carbonyl (C=O) groups is 7. The lowest BCUT2D eigenvalue weighted by Crippen LogP contribution is -2.61. The van der Waals surface area contributed by atoms with Crippen LogP contribution in [0.2, 0.25) is 0 Å². The van der Waals surface area contributed by atoms with Crippen LogP contribution in [-0.4, -0.2) is 117 Å². The number of nitrogens with zero attached hydrogens (tertiary/aromatic N) is 1. The molecule has 292 valence electrons. The van der Waals surface area contributed by atoms with E-state index >= 15 is 0 Å². The number of hydrogen-bond acceptors (Lipinski definition) is 10. The van der Waals surface area contributed by atoms with Crippen molar-refractivity contribution in [1.29, 1.82) is 0 Å². The SMILES string of the molecule is CC(C)C[C@H](NC(=O)[C@H](Cc1ccccc1)NC(=O)[C@H](C)NC(=O)[C@H](CCCCN)N(C(=O)[C@H](CCO)NC(=O)[C@@H](N)CC(=O)O)C(C)C)C(=O)O. The predicted octanol–water partition coefficient (Wildman–Crippen LogP) is -0.762. The van der Waals surface area contributed by atoms with E-state index in [0.717, 1.165) is 0 Å². The molecule has 0 saturated carbocycles. The standard InChI is InChI=1S/C35H57N7O10/c1-20(2)17-27(35(51)52)41-32(48)26(18-23-11-7-6-8-12-23)40-30(46)22(5)38-33(49)28(13-9-10-15-36)42(21(3)4)34(50)25(14-16-43)39-31(47)24(37)19-29(44)45/h6-8,11-12,20-22,24-28,43H,9-10,13-19,36-37H2,1-5H3,(H,38,49)(H,39,47)(H,40,46)(H,41,48)(H,44,45)(H,51,52)/t22-,24-,25-,26-,27-,28-/m0/s1. The van der Waals surface area contributed by atoms with Crippen molar-refractivity contribution in [3.8, 4) is 0 Å². The highest BCUT2D eigenvalue weighted by Crippen LogP contribution is 2.17. The molecule has 0 fully saturated rings. The number of carboxylic acid groups (broad SMARTS) is 2. The van der Waals surface area contributed by atoms with Crippen molar-refractivity contribution in [1.82, 2.24) is 26.2 Å². The number of nitrogens with one attached hydrogen (secondary N) is 4. The average molecular weight is 736 g/mol. The van der Waals surface area contributed by atoms with Gasteiger partial charge < -0.3 is 53.0 Å². The molecule has 17 nitrogen and oxygen atoms in total. The summed E-state index contributed by atoms with van der Waals surface area (Å²) in [6.45, 7) is 8.07. The van der Waals surface area contributed by atoms with Crippen molar-refractivity contribution in [2.24, 2.45) is 17.4 Å². The molecule has 0 aliphatic carbocycles. The third-order valence-electron chi connectivity index (χ3n) is 8.13. The minimum atomic E-state index is -1.47. The number of aliphatic hydroxyl groups excluding tert-OH is 1. The molecule has 0 aliphatic rings. The molecule has 17 heteroatoms. The van der Waals surface area contributed by atoms with Crippen LogP contribution in [0.3, 0.4) is 0 Å². The highest BCUT2D eigenvalue weighted by atomic mass is 16.4. The van der Waals surface area contributed by atoms with Crippen LogP contribution in [0.4, 0.5) is 0 Å². The van der Waals surface area contributed by atoms with Crippen LogP contribution in [0.15, 0.2) is 30.3 Å².